The molecule has 0 amide bonds. The second-order valence-corrected chi connectivity index (χ2v) is 5.98. The molecule has 1 fully saturated rings. The highest BCUT2D eigenvalue weighted by molar-refractivity contribution is 7.80. The van der Waals surface area contributed by atoms with Crippen molar-refractivity contribution in [2.24, 2.45) is 5.73 Å². The Hall–Kier alpha value is -0.230. The lowest BCUT2D eigenvalue weighted by molar-refractivity contribution is 0.0847. The van der Waals surface area contributed by atoms with Crippen molar-refractivity contribution >= 4 is 17.2 Å². The molecule has 1 aliphatic heterocycles. The smallest absolute Gasteiger partial charge is 0.0928 e. The second-order valence-electron chi connectivity index (χ2n) is 5.54. The minimum Gasteiger partial charge on any atom is -0.396 e. The molecule has 0 bridgehead atoms. The van der Waals surface area contributed by atoms with Crippen molar-refractivity contribution in [1.29, 1.82) is 0 Å². The zero-order valence-corrected chi connectivity index (χ0v) is 12.5. The van der Waals surface area contributed by atoms with Gasteiger partial charge < -0.3 is 15.7 Å². The highest BCUT2D eigenvalue weighted by Crippen LogP contribution is 2.17. The van der Waals surface area contributed by atoms with Crippen LogP contribution in [0.4, 0.5) is 0 Å². The summed E-state index contributed by atoms with van der Waals surface area (Å²) in [5.41, 5.74) is 5.63. The molecule has 106 valence electrons. The van der Waals surface area contributed by atoms with E-state index < -0.39 is 0 Å². The normalized spacial score (nSPS) is 19.1. The van der Waals surface area contributed by atoms with E-state index in [0.29, 0.717) is 11.6 Å². The third-order valence-electron chi connectivity index (χ3n) is 3.90. The Kier molecular flexibility index (Phi) is 6.49. The van der Waals surface area contributed by atoms with Crippen molar-refractivity contribution in [1.82, 2.24) is 9.80 Å². The van der Waals surface area contributed by atoms with Crippen LogP contribution < -0.4 is 5.73 Å². The van der Waals surface area contributed by atoms with Gasteiger partial charge in [0.05, 0.1) is 10.5 Å². The van der Waals surface area contributed by atoms with Crippen LogP contribution in [0.25, 0.3) is 0 Å². The zero-order valence-electron chi connectivity index (χ0n) is 11.7. The fourth-order valence-corrected chi connectivity index (χ4v) is 2.44. The summed E-state index contributed by atoms with van der Waals surface area (Å²) >= 11 is 5.14. The van der Waals surface area contributed by atoms with Gasteiger partial charge in [0.25, 0.3) is 0 Å². The topological polar surface area (TPSA) is 52.7 Å². The van der Waals surface area contributed by atoms with Gasteiger partial charge in [-0.1, -0.05) is 12.2 Å². The Morgan fingerprint density at radius 2 is 1.78 bits per heavy atom. The fourth-order valence-electron chi connectivity index (χ4n) is 2.31. The lowest BCUT2D eigenvalue weighted by Gasteiger charge is -2.43. The summed E-state index contributed by atoms with van der Waals surface area (Å²) in [4.78, 5) is 5.45. The van der Waals surface area contributed by atoms with Crippen LogP contribution in [0.15, 0.2) is 0 Å². The van der Waals surface area contributed by atoms with Gasteiger partial charge in [-0.2, -0.15) is 0 Å². The number of unbranched alkanes of at least 4 members (excludes halogenated alkanes) is 2. The van der Waals surface area contributed by atoms with Crippen molar-refractivity contribution in [3.8, 4) is 0 Å². The van der Waals surface area contributed by atoms with E-state index in [0.717, 1.165) is 45.6 Å². The summed E-state index contributed by atoms with van der Waals surface area (Å²) in [5, 5.41) is 8.74. The van der Waals surface area contributed by atoms with Crippen LogP contribution >= 0.6 is 12.2 Å². The summed E-state index contributed by atoms with van der Waals surface area (Å²) < 4.78 is 0. The zero-order chi connectivity index (χ0) is 13.6. The molecular weight excluding hydrogens is 246 g/mol. The van der Waals surface area contributed by atoms with Crippen LogP contribution in [0.5, 0.6) is 0 Å². The molecular formula is C13H27N3OS. The molecule has 5 heteroatoms. The number of nitrogens with two attached hydrogens (primary N) is 1. The molecule has 0 saturated carbocycles. The highest BCUT2D eigenvalue weighted by Gasteiger charge is 2.31. The van der Waals surface area contributed by atoms with Gasteiger partial charge in [0, 0.05) is 32.8 Å². The SMILES string of the molecule is CC(C)(C(N)=S)N1CCN(CCCCCO)CC1. The first-order valence-corrected chi connectivity index (χ1v) is 7.27. The summed E-state index contributed by atoms with van der Waals surface area (Å²) in [7, 11) is 0. The van der Waals surface area contributed by atoms with Crippen LogP contribution in [0.3, 0.4) is 0 Å². The van der Waals surface area contributed by atoms with E-state index in [9.17, 15) is 0 Å². The van der Waals surface area contributed by atoms with Gasteiger partial charge in [-0.15, -0.1) is 0 Å². The van der Waals surface area contributed by atoms with Crippen LogP contribution in [0.2, 0.25) is 0 Å². The Balaban J connectivity index is 2.26. The Morgan fingerprint density at radius 3 is 2.28 bits per heavy atom. The molecule has 1 heterocycles. The van der Waals surface area contributed by atoms with Crippen molar-refractivity contribution in [3.05, 3.63) is 0 Å². The van der Waals surface area contributed by atoms with E-state index in [4.69, 9.17) is 23.1 Å². The number of aliphatic hydroxyl groups is 1. The van der Waals surface area contributed by atoms with E-state index in [1.807, 2.05) is 0 Å². The Labute approximate surface area is 116 Å². The average Bonchev–Trinajstić information content (AvgIpc) is 2.35. The van der Waals surface area contributed by atoms with E-state index in [1.165, 1.54) is 6.42 Å². The van der Waals surface area contributed by atoms with Gasteiger partial charge in [-0.05, 0) is 39.7 Å². The fraction of sp³-hybridized carbons (Fsp3) is 0.923. The van der Waals surface area contributed by atoms with E-state index in [-0.39, 0.29) is 5.54 Å². The summed E-state index contributed by atoms with van der Waals surface area (Å²) in [6.45, 7) is 9.90. The number of nitrogens with zero attached hydrogens (tertiary/aromatic N) is 2. The van der Waals surface area contributed by atoms with Crippen LogP contribution in [-0.4, -0.2) is 64.8 Å². The lowest BCUT2D eigenvalue weighted by atomic mass is 10.0. The maximum Gasteiger partial charge on any atom is 0.0928 e. The molecule has 1 saturated heterocycles. The minimum atomic E-state index is -0.168. The molecule has 0 unspecified atom stereocenters. The molecule has 3 N–H and O–H groups in total. The van der Waals surface area contributed by atoms with Crippen molar-refractivity contribution in [2.45, 2.75) is 38.6 Å². The minimum absolute atomic E-state index is 0.168. The Bertz CT molecular complexity index is 263. The first-order valence-electron chi connectivity index (χ1n) is 6.86. The molecule has 0 radical (unpaired) electrons. The molecule has 0 aromatic carbocycles. The predicted octanol–water partition coefficient (Wildman–Crippen LogP) is 0.831. The Morgan fingerprint density at radius 1 is 1.17 bits per heavy atom. The maximum atomic E-state index is 8.74. The van der Waals surface area contributed by atoms with E-state index >= 15 is 0 Å². The number of thiocarbonyl (C=S) groups is 1. The first-order chi connectivity index (χ1) is 8.48. The van der Waals surface area contributed by atoms with E-state index in [2.05, 4.69) is 23.6 Å². The number of hydrogen-bond donors (Lipinski definition) is 2. The number of aliphatic hydroxyl groups excluding tert-OH is 1. The predicted molar refractivity (Wildman–Crippen MR) is 79.8 cm³/mol. The first kappa shape index (κ1) is 15.8. The monoisotopic (exact) mass is 273 g/mol. The summed E-state index contributed by atoms with van der Waals surface area (Å²) in [6.07, 6.45) is 3.22. The van der Waals surface area contributed by atoms with Gasteiger partial charge >= 0.3 is 0 Å². The molecule has 0 aromatic rings. The maximum absolute atomic E-state index is 8.74. The van der Waals surface area contributed by atoms with Gasteiger partial charge in [0.1, 0.15) is 0 Å². The molecule has 1 rings (SSSR count). The highest BCUT2D eigenvalue weighted by atomic mass is 32.1. The molecule has 0 aromatic heterocycles. The summed E-state index contributed by atoms with van der Waals surface area (Å²) in [5.74, 6) is 0. The van der Waals surface area contributed by atoms with Gasteiger partial charge in [0.2, 0.25) is 0 Å². The third-order valence-corrected chi connectivity index (χ3v) is 4.40. The molecule has 0 aliphatic carbocycles. The van der Waals surface area contributed by atoms with Crippen LogP contribution in [0, 0.1) is 0 Å². The molecule has 0 spiro atoms. The second kappa shape index (κ2) is 7.38. The largest absolute Gasteiger partial charge is 0.396 e. The molecule has 1 aliphatic rings. The van der Waals surface area contributed by atoms with Crippen LogP contribution in [-0.2, 0) is 0 Å². The van der Waals surface area contributed by atoms with Crippen molar-refractivity contribution < 1.29 is 5.11 Å². The molecule has 18 heavy (non-hydrogen) atoms. The summed E-state index contributed by atoms with van der Waals surface area (Å²) in [6, 6.07) is 0. The lowest BCUT2D eigenvalue weighted by Crippen LogP contribution is -2.59. The third kappa shape index (κ3) is 4.46. The standard InChI is InChI=1S/C13H27N3OS/c1-13(2,12(14)18)16-9-7-15(8-10-16)6-4-3-5-11-17/h17H,3-11H2,1-2H3,(H2,14,18). The number of hydrogen-bond acceptors (Lipinski definition) is 4. The average molecular weight is 273 g/mol. The van der Waals surface area contributed by atoms with Gasteiger partial charge in [-0.3, -0.25) is 4.90 Å². The van der Waals surface area contributed by atoms with E-state index in [1.54, 1.807) is 0 Å². The molecule has 0 atom stereocenters. The number of piperazine rings is 1. The van der Waals surface area contributed by atoms with Crippen molar-refractivity contribution in [2.75, 3.05) is 39.3 Å². The van der Waals surface area contributed by atoms with Gasteiger partial charge in [-0.25, -0.2) is 0 Å². The van der Waals surface area contributed by atoms with Gasteiger partial charge in [0.15, 0.2) is 0 Å². The van der Waals surface area contributed by atoms with Crippen LogP contribution in [0.1, 0.15) is 33.1 Å². The number of rotatable bonds is 7. The quantitative estimate of drug-likeness (QED) is 0.531. The van der Waals surface area contributed by atoms with Crippen molar-refractivity contribution in [3.63, 3.8) is 0 Å². The molecule has 4 nitrogen and oxygen atoms in total.